The summed E-state index contributed by atoms with van der Waals surface area (Å²) in [5.74, 6) is -0.0954. The van der Waals surface area contributed by atoms with E-state index < -0.39 is 5.97 Å². The maximum absolute atomic E-state index is 11.8. The van der Waals surface area contributed by atoms with Gasteiger partial charge in [0.2, 0.25) is 0 Å². The van der Waals surface area contributed by atoms with Crippen molar-refractivity contribution in [2.24, 2.45) is 5.92 Å². The molecule has 0 bridgehead atoms. The van der Waals surface area contributed by atoms with E-state index in [4.69, 9.17) is 10.5 Å². The molecule has 0 aliphatic carbocycles. The fraction of sp³-hybridized carbons (Fsp3) is 0.533. The molecule has 1 heterocycles. The molecule has 20 heavy (non-hydrogen) atoms. The van der Waals surface area contributed by atoms with E-state index in [0.29, 0.717) is 23.7 Å². The molecule has 1 aromatic rings. The second-order valence-electron chi connectivity index (χ2n) is 5.40. The average Bonchev–Trinajstić information content (AvgIpc) is 2.87. The zero-order chi connectivity index (χ0) is 14.7. The fourth-order valence-corrected chi connectivity index (χ4v) is 2.74. The smallest absolute Gasteiger partial charge is 0.340 e. The van der Waals surface area contributed by atoms with Crippen LogP contribution in [0.15, 0.2) is 18.2 Å². The Bertz CT molecular complexity index is 488. The van der Waals surface area contributed by atoms with Crippen LogP contribution in [0.25, 0.3) is 0 Å². The van der Waals surface area contributed by atoms with Gasteiger partial charge in [-0.15, -0.1) is 0 Å². The van der Waals surface area contributed by atoms with Crippen LogP contribution in [0.2, 0.25) is 0 Å². The molecule has 1 fully saturated rings. The predicted molar refractivity (Wildman–Crippen MR) is 77.3 cm³/mol. The van der Waals surface area contributed by atoms with E-state index >= 15 is 0 Å². The van der Waals surface area contributed by atoms with E-state index in [1.807, 2.05) is 19.1 Å². The van der Waals surface area contributed by atoms with Crippen LogP contribution in [0, 0.1) is 5.92 Å². The lowest BCUT2D eigenvalue weighted by atomic mass is 10.0. The van der Waals surface area contributed by atoms with Gasteiger partial charge in [0.1, 0.15) is 0 Å². The van der Waals surface area contributed by atoms with Crippen molar-refractivity contribution >= 4 is 11.7 Å². The molecule has 0 spiro atoms. The van der Waals surface area contributed by atoms with Crippen molar-refractivity contribution in [1.82, 2.24) is 4.90 Å². The van der Waals surface area contributed by atoms with Crippen LogP contribution in [0.4, 0.5) is 5.69 Å². The number of aliphatic hydroxyl groups excluding tert-OH is 1. The van der Waals surface area contributed by atoms with Crippen LogP contribution < -0.4 is 5.73 Å². The summed E-state index contributed by atoms with van der Waals surface area (Å²) in [6.45, 7) is 4.24. The number of nitrogens with two attached hydrogens (primary N) is 1. The Morgan fingerprint density at radius 3 is 2.95 bits per heavy atom. The largest absolute Gasteiger partial charge is 0.465 e. The maximum Gasteiger partial charge on any atom is 0.340 e. The second kappa shape index (κ2) is 6.24. The van der Waals surface area contributed by atoms with Crippen LogP contribution >= 0.6 is 0 Å². The normalized spacial score (nSPS) is 20.9. The summed E-state index contributed by atoms with van der Waals surface area (Å²) >= 11 is 0. The van der Waals surface area contributed by atoms with E-state index in [0.717, 1.165) is 25.1 Å². The molecule has 1 aliphatic heterocycles. The van der Waals surface area contributed by atoms with E-state index in [1.165, 1.54) is 7.11 Å². The number of anilines is 1. The molecule has 1 aromatic carbocycles. The number of hydrogen-bond donors (Lipinski definition) is 2. The Labute approximate surface area is 119 Å². The summed E-state index contributed by atoms with van der Waals surface area (Å²) in [6.07, 6.45) is 0.689. The molecule has 2 rings (SSSR count). The van der Waals surface area contributed by atoms with Gasteiger partial charge in [0.05, 0.1) is 18.8 Å². The van der Waals surface area contributed by atoms with Crippen molar-refractivity contribution in [1.29, 1.82) is 0 Å². The van der Waals surface area contributed by atoms with Crippen LogP contribution in [-0.2, 0) is 11.3 Å². The summed E-state index contributed by atoms with van der Waals surface area (Å²) in [5, 5.41) is 9.64. The lowest BCUT2D eigenvalue weighted by molar-refractivity contribution is 0.0599. The number of carbonyl (C=O) groups excluding carboxylic acids is 1. The summed E-state index contributed by atoms with van der Waals surface area (Å²) in [4.78, 5) is 14.1. The van der Waals surface area contributed by atoms with Crippen molar-refractivity contribution in [3.8, 4) is 0 Å². The van der Waals surface area contributed by atoms with Gasteiger partial charge in [-0.25, -0.2) is 4.79 Å². The van der Waals surface area contributed by atoms with E-state index in [1.54, 1.807) is 6.07 Å². The molecule has 0 aromatic heterocycles. The van der Waals surface area contributed by atoms with Gasteiger partial charge in [0.15, 0.2) is 0 Å². The summed E-state index contributed by atoms with van der Waals surface area (Å²) in [5.41, 5.74) is 7.67. The molecule has 1 saturated heterocycles. The molecular formula is C15H22N2O3. The second-order valence-corrected chi connectivity index (χ2v) is 5.40. The van der Waals surface area contributed by atoms with E-state index in [-0.39, 0.29) is 6.10 Å². The van der Waals surface area contributed by atoms with Gasteiger partial charge in [-0.1, -0.05) is 12.1 Å². The van der Waals surface area contributed by atoms with Crippen molar-refractivity contribution < 1.29 is 14.6 Å². The number of rotatable bonds is 4. The first-order chi connectivity index (χ1) is 9.52. The minimum Gasteiger partial charge on any atom is -0.465 e. The minimum atomic E-state index is -0.399. The highest BCUT2D eigenvalue weighted by molar-refractivity contribution is 5.96. The highest BCUT2D eigenvalue weighted by atomic mass is 16.5. The van der Waals surface area contributed by atoms with Crippen LogP contribution in [0.3, 0.4) is 0 Å². The fourth-order valence-electron chi connectivity index (χ4n) is 2.74. The van der Waals surface area contributed by atoms with Crippen LogP contribution in [0.5, 0.6) is 0 Å². The zero-order valence-corrected chi connectivity index (χ0v) is 12.0. The Balaban J connectivity index is 2.14. The van der Waals surface area contributed by atoms with Gasteiger partial charge in [-0.3, -0.25) is 4.90 Å². The molecule has 110 valence electrons. The highest BCUT2D eigenvalue weighted by Gasteiger charge is 2.27. The SMILES string of the molecule is COC(=O)c1c(N)cccc1CN1CCC(C(C)O)C1. The monoisotopic (exact) mass is 278 g/mol. The Hall–Kier alpha value is -1.59. The van der Waals surface area contributed by atoms with E-state index in [9.17, 15) is 9.90 Å². The first kappa shape index (κ1) is 14.8. The minimum absolute atomic E-state index is 0.291. The number of nitrogen functional groups attached to an aromatic ring is 1. The first-order valence-corrected chi connectivity index (χ1v) is 6.89. The lowest BCUT2D eigenvalue weighted by Gasteiger charge is -2.19. The van der Waals surface area contributed by atoms with Crippen LogP contribution in [0.1, 0.15) is 29.3 Å². The van der Waals surface area contributed by atoms with Gasteiger partial charge < -0.3 is 15.6 Å². The third-order valence-electron chi connectivity index (χ3n) is 3.96. The van der Waals surface area contributed by atoms with Gasteiger partial charge in [-0.05, 0) is 37.4 Å². The number of benzene rings is 1. The third-order valence-corrected chi connectivity index (χ3v) is 3.96. The van der Waals surface area contributed by atoms with Crippen molar-refractivity contribution in [2.45, 2.75) is 26.0 Å². The zero-order valence-electron chi connectivity index (χ0n) is 12.0. The standard InChI is InChI=1S/C15H22N2O3/c1-10(18)11-6-7-17(8-11)9-12-4-3-5-13(16)14(12)15(19)20-2/h3-5,10-11,18H,6-9,16H2,1-2H3. The number of aliphatic hydroxyl groups is 1. The average molecular weight is 278 g/mol. The Morgan fingerprint density at radius 2 is 2.35 bits per heavy atom. The Morgan fingerprint density at radius 1 is 1.60 bits per heavy atom. The molecule has 0 amide bonds. The quantitative estimate of drug-likeness (QED) is 0.640. The van der Waals surface area contributed by atoms with E-state index in [2.05, 4.69) is 4.90 Å². The topological polar surface area (TPSA) is 75.8 Å². The molecule has 2 unspecified atom stereocenters. The number of hydrogen-bond acceptors (Lipinski definition) is 5. The number of esters is 1. The van der Waals surface area contributed by atoms with Crippen molar-refractivity contribution in [3.05, 3.63) is 29.3 Å². The van der Waals surface area contributed by atoms with Crippen molar-refractivity contribution in [2.75, 3.05) is 25.9 Å². The van der Waals surface area contributed by atoms with Gasteiger partial charge in [-0.2, -0.15) is 0 Å². The predicted octanol–water partition coefficient (Wildman–Crippen LogP) is 1.26. The first-order valence-electron chi connectivity index (χ1n) is 6.89. The number of carbonyl (C=O) groups is 1. The summed E-state index contributed by atoms with van der Waals surface area (Å²) in [7, 11) is 1.36. The highest BCUT2D eigenvalue weighted by Crippen LogP contribution is 2.25. The van der Waals surface area contributed by atoms with Gasteiger partial charge >= 0.3 is 5.97 Å². The molecule has 0 saturated carbocycles. The van der Waals surface area contributed by atoms with Crippen molar-refractivity contribution in [3.63, 3.8) is 0 Å². The number of methoxy groups -OCH3 is 1. The van der Waals surface area contributed by atoms with Gasteiger partial charge in [0, 0.05) is 18.8 Å². The molecule has 5 nitrogen and oxygen atoms in total. The number of ether oxygens (including phenoxy) is 1. The molecule has 5 heteroatoms. The maximum atomic E-state index is 11.8. The molecule has 0 radical (unpaired) electrons. The van der Waals surface area contributed by atoms with Crippen LogP contribution in [-0.4, -0.2) is 42.3 Å². The molecular weight excluding hydrogens is 256 g/mol. The summed E-state index contributed by atoms with van der Waals surface area (Å²) in [6, 6.07) is 5.45. The van der Waals surface area contributed by atoms with Gasteiger partial charge in [0.25, 0.3) is 0 Å². The summed E-state index contributed by atoms with van der Waals surface area (Å²) < 4.78 is 4.80. The number of likely N-dealkylation sites (tertiary alicyclic amines) is 1. The molecule has 1 aliphatic rings. The third kappa shape index (κ3) is 3.11. The number of nitrogens with zero attached hydrogens (tertiary/aromatic N) is 1. The molecule has 3 N–H and O–H groups in total. The lowest BCUT2D eigenvalue weighted by Crippen LogP contribution is -2.25. The molecule has 2 atom stereocenters. The Kier molecular flexibility index (Phi) is 4.62.